The van der Waals surface area contributed by atoms with E-state index in [1.807, 2.05) is 40.7 Å². The minimum atomic E-state index is -4.14. The molecule has 0 unspecified atom stereocenters. The monoisotopic (exact) mass is 617 g/mol. The number of sulfonamides is 1. The van der Waals surface area contributed by atoms with Crippen LogP contribution in [0.3, 0.4) is 0 Å². The highest BCUT2D eigenvalue weighted by molar-refractivity contribution is 7.92. The molecule has 3 rings (SSSR count). The molecular weight excluding hydrogens is 581 g/mol. The molecule has 0 heterocycles. The Morgan fingerprint density at radius 3 is 2.12 bits per heavy atom. The molecule has 220 valence electrons. The van der Waals surface area contributed by atoms with Crippen molar-refractivity contribution in [3.63, 3.8) is 0 Å². The van der Waals surface area contributed by atoms with Crippen molar-refractivity contribution in [1.82, 2.24) is 10.2 Å². The highest BCUT2D eigenvalue weighted by Gasteiger charge is 2.34. The molecule has 3 aromatic carbocycles. The Balaban J connectivity index is 2.09. The second kappa shape index (κ2) is 14.2. The van der Waals surface area contributed by atoms with Crippen molar-refractivity contribution in [3.05, 3.63) is 93.5 Å². The van der Waals surface area contributed by atoms with E-state index in [9.17, 15) is 18.0 Å². The van der Waals surface area contributed by atoms with Crippen LogP contribution in [0.4, 0.5) is 5.69 Å². The van der Waals surface area contributed by atoms with Gasteiger partial charge in [0.25, 0.3) is 10.0 Å². The molecule has 0 radical (unpaired) electrons. The minimum absolute atomic E-state index is 0.00545. The predicted octanol–water partition coefficient (Wildman–Crippen LogP) is 6.39. The molecule has 0 spiro atoms. The first-order valence-electron chi connectivity index (χ1n) is 13.5. The molecule has 1 N–H and O–H groups in total. The Labute approximate surface area is 253 Å². The van der Waals surface area contributed by atoms with Crippen molar-refractivity contribution in [2.75, 3.05) is 17.4 Å². The third-order valence-electron chi connectivity index (χ3n) is 6.53. The number of carbonyl (C=O) groups is 2. The molecule has 0 aromatic heterocycles. The number of anilines is 1. The highest BCUT2D eigenvalue weighted by atomic mass is 35.5. The first-order chi connectivity index (χ1) is 19.3. The summed E-state index contributed by atoms with van der Waals surface area (Å²) >= 11 is 12.6. The lowest BCUT2D eigenvalue weighted by Crippen LogP contribution is -2.52. The Hall–Kier alpha value is -3.07. The van der Waals surface area contributed by atoms with Crippen LogP contribution in [0.5, 0.6) is 0 Å². The van der Waals surface area contributed by atoms with Crippen LogP contribution in [0.15, 0.2) is 71.6 Å². The van der Waals surface area contributed by atoms with Crippen LogP contribution in [-0.2, 0) is 26.2 Å². The first-order valence-corrected chi connectivity index (χ1v) is 15.7. The lowest BCUT2D eigenvalue weighted by Gasteiger charge is -2.33. The Morgan fingerprint density at radius 2 is 1.56 bits per heavy atom. The molecule has 0 aliphatic carbocycles. The molecule has 10 heteroatoms. The van der Waals surface area contributed by atoms with Crippen LogP contribution < -0.4 is 9.62 Å². The number of carbonyl (C=O) groups excluding carboxylic acids is 2. The van der Waals surface area contributed by atoms with Crippen molar-refractivity contribution in [2.24, 2.45) is 5.92 Å². The van der Waals surface area contributed by atoms with Gasteiger partial charge >= 0.3 is 0 Å². The molecule has 41 heavy (non-hydrogen) atoms. The molecule has 1 atom stereocenters. The number of halogens is 2. The predicted molar refractivity (Wildman–Crippen MR) is 166 cm³/mol. The number of aryl methyl sites for hydroxylation is 2. The van der Waals surface area contributed by atoms with Gasteiger partial charge in [-0.1, -0.05) is 74.3 Å². The van der Waals surface area contributed by atoms with Gasteiger partial charge in [-0.3, -0.25) is 13.9 Å². The second-order valence-electron chi connectivity index (χ2n) is 10.5. The summed E-state index contributed by atoms with van der Waals surface area (Å²) < 4.78 is 29.0. The van der Waals surface area contributed by atoms with Crippen molar-refractivity contribution in [1.29, 1.82) is 0 Å². The third-order valence-corrected chi connectivity index (χ3v) is 8.91. The van der Waals surface area contributed by atoms with E-state index in [0.717, 1.165) is 15.4 Å². The third kappa shape index (κ3) is 8.47. The number of amides is 2. The van der Waals surface area contributed by atoms with E-state index in [0.29, 0.717) is 34.3 Å². The largest absolute Gasteiger partial charge is 0.354 e. The average Bonchev–Trinajstić information content (AvgIpc) is 2.91. The zero-order chi connectivity index (χ0) is 30.3. The van der Waals surface area contributed by atoms with Gasteiger partial charge in [0, 0.05) is 23.1 Å². The maximum Gasteiger partial charge on any atom is 0.264 e. The standard InChI is InChI=1S/C31H37Cl2N3O4S/c1-6-29(31(38)34-18-21(2)3)35(19-24-12-13-25(32)17-28(24)33)30(37)20-36(26-15-22(4)14-23(5)16-26)41(39,40)27-10-8-7-9-11-27/h7-17,21,29H,6,18-20H2,1-5H3,(H,34,38)/t29-/m1/s1. The van der Waals surface area contributed by atoms with E-state index >= 15 is 0 Å². The van der Waals surface area contributed by atoms with Gasteiger partial charge in [-0.2, -0.15) is 0 Å². The smallest absolute Gasteiger partial charge is 0.264 e. The number of hydrogen-bond donors (Lipinski definition) is 1. The Bertz CT molecular complexity index is 1460. The summed E-state index contributed by atoms with van der Waals surface area (Å²) in [4.78, 5) is 29.0. The van der Waals surface area contributed by atoms with Crippen molar-refractivity contribution >= 4 is 50.7 Å². The topological polar surface area (TPSA) is 86.8 Å². The molecule has 3 aromatic rings. The van der Waals surface area contributed by atoms with Gasteiger partial charge in [0.05, 0.1) is 10.6 Å². The van der Waals surface area contributed by atoms with E-state index < -0.39 is 28.5 Å². The van der Waals surface area contributed by atoms with Gasteiger partial charge in [0.1, 0.15) is 12.6 Å². The van der Waals surface area contributed by atoms with Crippen molar-refractivity contribution < 1.29 is 18.0 Å². The molecule has 0 aliphatic rings. The first kappa shape index (κ1) is 32.4. The molecule has 0 fully saturated rings. The second-order valence-corrected chi connectivity index (χ2v) is 13.2. The lowest BCUT2D eigenvalue weighted by atomic mass is 10.1. The summed E-state index contributed by atoms with van der Waals surface area (Å²) in [6.07, 6.45) is 0.315. The van der Waals surface area contributed by atoms with Gasteiger partial charge in [-0.15, -0.1) is 0 Å². The van der Waals surface area contributed by atoms with Crippen LogP contribution >= 0.6 is 23.2 Å². The van der Waals surface area contributed by atoms with Gasteiger partial charge in [-0.25, -0.2) is 8.42 Å². The van der Waals surface area contributed by atoms with E-state index in [1.54, 1.807) is 48.5 Å². The number of nitrogens with zero attached hydrogens (tertiary/aromatic N) is 2. The maximum atomic E-state index is 14.2. The molecule has 0 saturated heterocycles. The molecule has 0 aliphatic heterocycles. The van der Waals surface area contributed by atoms with E-state index in [-0.39, 0.29) is 23.3 Å². The SMILES string of the molecule is CC[C@H](C(=O)NCC(C)C)N(Cc1ccc(Cl)cc1Cl)C(=O)CN(c1cc(C)cc(C)c1)S(=O)(=O)c1ccccc1. The van der Waals surface area contributed by atoms with Crippen LogP contribution in [0, 0.1) is 19.8 Å². The average molecular weight is 619 g/mol. The van der Waals surface area contributed by atoms with Crippen LogP contribution in [0.25, 0.3) is 0 Å². The summed E-state index contributed by atoms with van der Waals surface area (Å²) in [5.41, 5.74) is 2.65. The number of hydrogen-bond acceptors (Lipinski definition) is 4. The van der Waals surface area contributed by atoms with Crippen LogP contribution in [-0.4, -0.2) is 44.3 Å². The van der Waals surface area contributed by atoms with Gasteiger partial charge < -0.3 is 10.2 Å². The Kier molecular flexibility index (Phi) is 11.2. The quantitative estimate of drug-likeness (QED) is 0.255. The highest BCUT2D eigenvalue weighted by Crippen LogP contribution is 2.28. The van der Waals surface area contributed by atoms with Gasteiger partial charge in [0.2, 0.25) is 11.8 Å². The van der Waals surface area contributed by atoms with Crippen molar-refractivity contribution in [2.45, 2.75) is 58.5 Å². The molecule has 2 amide bonds. The molecular formula is C31H37Cl2N3O4S. The molecule has 0 saturated carbocycles. The van der Waals surface area contributed by atoms with Gasteiger partial charge in [-0.05, 0) is 79.3 Å². The Morgan fingerprint density at radius 1 is 0.927 bits per heavy atom. The molecule has 0 bridgehead atoms. The van der Waals surface area contributed by atoms with E-state index in [4.69, 9.17) is 23.2 Å². The zero-order valence-corrected chi connectivity index (χ0v) is 26.4. The van der Waals surface area contributed by atoms with E-state index in [2.05, 4.69) is 5.32 Å². The minimum Gasteiger partial charge on any atom is -0.354 e. The lowest BCUT2D eigenvalue weighted by molar-refractivity contribution is -0.140. The number of rotatable bonds is 12. The van der Waals surface area contributed by atoms with E-state index in [1.165, 1.54) is 17.0 Å². The fourth-order valence-electron chi connectivity index (χ4n) is 4.52. The maximum absolute atomic E-state index is 14.2. The van der Waals surface area contributed by atoms with Gasteiger partial charge in [0.15, 0.2) is 0 Å². The summed E-state index contributed by atoms with van der Waals surface area (Å²) in [5.74, 6) is -0.646. The molecule has 7 nitrogen and oxygen atoms in total. The summed E-state index contributed by atoms with van der Waals surface area (Å²) in [7, 11) is -4.14. The summed E-state index contributed by atoms with van der Waals surface area (Å²) in [6, 6.07) is 17.5. The normalized spacial score (nSPS) is 12.2. The summed E-state index contributed by atoms with van der Waals surface area (Å²) in [5, 5.41) is 3.70. The zero-order valence-electron chi connectivity index (χ0n) is 24.0. The number of benzene rings is 3. The van der Waals surface area contributed by atoms with Crippen LogP contribution in [0.2, 0.25) is 10.0 Å². The fraction of sp³-hybridized carbons (Fsp3) is 0.355. The number of nitrogens with one attached hydrogen (secondary N) is 1. The van der Waals surface area contributed by atoms with Crippen LogP contribution in [0.1, 0.15) is 43.9 Å². The fourth-order valence-corrected chi connectivity index (χ4v) is 6.41. The summed E-state index contributed by atoms with van der Waals surface area (Å²) in [6.45, 7) is 9.43. The van der Waals surface area contributed by atoms with Crippen molar-refractivity contribution in [3.8, 4) is 0 Å².